The van der Waals surface area contributed by atoms with Crippen molar-refractivity contribution in [2.24, 2.45) is 0 Å². The Labute approximate surface area is 105 Å². The van der Waals surface area contributed by atoms with E-state index < -0.39 is 17.3 Å². The highest BCUT2D eigenvalue weighted by Crippen LogP contribution is 2.17. The molecule has 1 rings (SSSR count). The smallest absolute Gasteiger partial charge is 0.338 e. The molecular formula is C12H17FN2O3. The number of ether oxygens (including phenoxy) is 1. The van der Waals surface area contributed by atoms with Crippen molar-refractivity contribution in [1.29, 1.82) is 0 Å². The summed E-state index contributed by atoms with van der Waals surface area (Å²) in [6.07, 6.45) is 1.22. The van der Waals surface area contributed by atoms with Gasteiger partial charge < -0.3 is 14.7 Å². The van der Waals surface area contributed by atoms with Crippen molar-refractivity contribution in [3.8, 4) is 5.88 Å². The van der Waals surface area contributed by atoms with Crippen LogP contribution >= 0.6 is 0 Å². The lowest BCUT2D eigenvalue weighted by molar-refractivity contribution is 0.0690. The molecule has 0 unspecified atom stereocenters. The molecule has 1 N–H and O–H groups in total. The summed E-state index contributed by atoms with van der Waals surface area (Å²) in [7, 11) is 0. The standard InChI is InChI=1S/C12H17FN2O3/c1-3-15(4-2)7-8-18-11-10(13)9(12(16)17)5-6-14-11/h5-6H,3-4,7-8H2,1-2H3,(H,16,17). The van der Waals surface area contributed by atoms with Crippen molar-refractivity contribution >= 4 is 5.97 Å². The number of hydrogen-bond donors (Lipinski definition) is 1. The lowest BCUT2D eigenvalue weighted by Crippen LogP contribution is -2.28. The number of carbonyl (C=O) groups is 1. The number of likely N-dealkylation sites (N-methyl/N-ethyl adjacent to an activating group) is 1. The van der Waals surface area contributed by atoms with Gasteiger partial charge in [0, 0.05) is 12.7 Å². The fourth-order valence-corrected chi connectivity index (χ4v) is 1.50. The summed E-state index contributed by atoms with van der Waals surface area (Å²) in [6, 6.07) is 1.11. The second-order valence-corrected chi connectivity index (χ2v) is 3.66. The zero-order valence-electron chi connectivity index (χ0n) is 10.5. The first-order valence-electron chi connectivity index (χ1n) is 5.83. The molecule has 0 atom stereocenters. The van der Waals surface area contributed by atoms with Crippen molar-refractivity contribution in [1.82, 2.24) is 9.88 Å². The van der Waals surface area contributed by atoms with Gasteiger partial charge in [0.05, 0.1) is 0 Å². The minimum absolute atomic E-state index is 0.262. The van der Waals surface area contributed by atoms with E-state index in [0.29, 0.717) is 6.54 Å². The fourth-order valence-electron chi connectivity index (χ4n) is 1.50. The summed E-state index contributed by atoms with van der Waals surface area (Å²) < 4.78 is 18.8. The lowest BCUT2D eigenvalue weighted by atomic mass is 10.2. The van der Waals surface area contributed by atoms with Gasteiger partial charge in [-0.3, -0.25) is 0 Å². The van der Waals surface area contributed by atoms with E-state index in [1.54, 1.807) is 0 Å². The van der Waals surface area contributed by atoms with E-state index in [2.05, 4.69) is 9.88 Å². The minimum Gasteiger partial charge on any atom is -0.478 e. The Morgan fingerprint density at radius 1 is 1.50 bits per heavy atom. The van der Waals surface area contributed by atoms with E-state index in [9.17, 15) is 9.18 Å². The van der Waals surface area contributed by atoms with Gasteiger partial charge in [0.1, 0.15) is 12.2 Å². The molecule has 0 amide bonds. The molecule has 0 fully saturated rings. The topological polar surface area (TPSA) is 62.7 Å². The van der Waals surface area contributed by atoms with Gasteiger partial charge in [0.15, 0.2) is 5.82 Å². The summed E-state index contributed by atoms with van der Waals surface area (Å²) >= 11 is 0. The number of hydrogen-bond acceptors (Lipinski definition) is 4. The van der Waals surface area contributed by atoms with Crippen LogP contribution in [0.3, 0.4) is 0 Å². The van der Waals surface area contributed by atoms with Crippen LogP contribution in [-0.4, -0.2) is 47.2 Å². The van der Waals surface area contributed by atoms with Crippen LogP contribution in [0, 0.1) is 5.82 Å². The number of pyridine rings is 1. The monoisotopic (exact) mass is 256 g/mol. The molecule has 0 saturated heterocycles. The molecule has 1 aromatic rings. The highest BCUT2D eigenvalue weighted by atomic mass is 19.1. The molecule has 0 aliphatic heterocycles. The third kappa shape index (κ3) is 3.66. The molecule has 6 heteroatoms. The number of aromatic nitrogens is 1. The molecule has 5 nitrogen and oxygen atoms in total. The van der Waals surface area contributed by atoms with E-state index in [0.717, 1.165) is 19.2 Å². The summed E-state index contributed by atoms with van der Waals surface area (Å²) in [5, 5.41) is 8.75. The summed E-state index contributed by atoms with van der Waals surface area (Å²) in [4.78, 5) is 16.5. The van der Waals surface area contributed by atoms with Crippen LogP contribution in [0.15, 0.2) is 12.3 Å². The molecule has 0 bridgehead atoms. The first-order valence-corrected chi connectivity index (χ1v) is 5.83. The predicted octanol–water partition coefficient (Wildman–Crippen LogP) is 1.64. The molecule has 0 spiro atoms. The van der Waals surface area contributed by atoms with E-state index in [4.69, 9.17) is 9.84 Å². The Morgan fingerprint density at radius 3 is 2.72 bits per heavy atom. The van der Waals surface area contributed by atoms with Crippen molar-refractivity contribution in [3.63, 3.8) is 0 Å². The number of carboxylic acids is 1. The van der Waals surface area contributed by atoms with Crippen LogP contribution in [0.25, 0.3) is 0 Å². The van der Waals surface area contributed by atoms with E-state index in [1.165, 1.54) is 6.20 Å². The molecule has 0 aliphatic carbocycles. The summed E-state index contributed by atoms with van der Waals surface area (Å²) in [6.45, 7) is 6.72. The highest BCUT2D eigenvalue weighted by molar-refractivity contribution is 5.88. The number of nitrogens with zero attached hydrogens (tertiary/aromatic N) is 2. The second kappa shape index (κ2) is 6.90. The van der Waals surface area contributed by atoms with Crippen LogP contribution < -0.4 is 4.74 Å². The van der Waals surface area contributed by atoms with Crippen LogP contribution in [0.1, 0.15) is 24.2 Å². The van der Waals surface area contributed by atoms with Crippen LogP contribution in [-0.2, 0) is 0 Å². The normalized spacial score (nSPS) is 10.7. The quantitative estimate of drug-likeness (QED) is 0.803. The largest absolute Gasteiger partial charge is 0.478 e. The maximum absolute atomic E-state index is 13.6. The number of halogens is 1. The second-order valence-electron chi connectivity index (χ2n) is 3.66. The van der Waals surface area contributed by atoms with Gasteiger partial charge in [0.2, 0.25) is 0 Å². The zero-order chi connectivity index (χ0) is 13.5. The Kier molecular flexibility index (Phi) is 5.51. The SMILES string of the molecule is CCN(CC)CCOc1nccc(C(=O)O)c1F. The Bertz CT molecular complexity index is 408. The lowest BCUT2D eigenvalue weighted by Gasteiger charge is -2.17. The molecule has 18 heavy (non-hydrogen) atoms. The number of rotatable bonds is 7. The van der Waals surface area contributed by atoms with E-state index in [-0.39, 0.29) is 12.5 Å². The molecule has 0 radical (unpaired) electrons. The van der Waals surface area contributed by atoms with Crippen LogP contribution in [0.2, 0.25) is 0 Å². The molecule has 0 aromatic carbocycles. The first kappa shape index (κ1) is 14.4. The molecule has 100 valence electrons. The number of aromatic carboxylic acids is 1. The molecule has 1 heterocycles. The van der Waals surface area contributed by atoms with Gasteiger partial charge in [-0.25, -0.2) is 14.2 Å². The molecule has 0 aliphatic rings. The maximum Gasteiger partial charge on any atom is 0.338 e. The van der Waals surface area contributed by atoms with Crippen molar-refractivity contribution in [2.45, 2.75) is 13.8 Å². The van der Waals surface area contributed by atoms with Crippen molar-refractivity contribution in [2.75, 3.05) is 26.2 Å². The van der Waals surface area contributed by atoms with E-state index >= 15 is 0 Å². The van der Waals surface area contributed by atoms with Crippen LogP contribution in [0.5, 0.6) is 5.88 Å². The van der Waals surface area contributed by atoms with E-state index in [1.807, 2.05) is 13.8 Å². The van der Waals surface area contributed by atoms with Crippen LogP contribution in [0.4, 0.5) is 4.39 Å². The predicted molar refractivity (Wildman–Crippen MR) is 64.4 cm³/mol. The Balaban J connectivity index is 2.63. The minimum atomic E-state index is -1.33. The third-order valence-corrected chi connectivity index (χ3v) is 2.63. The van der Waals surface area contributed by atoms with Gasteiger partial charge in [-0.15, -0.1) is 0 Å². The van der Waals surface area contributed by atoms with Gasteiger partial charge >= 0.3 is 5.97 Å². The Hall–Kier alpha value is -1.69. The van der Waals surface area contributed by atoms with Gasteiger partial charge in [-0.2, -0.15) is 0 Å². The molecule has 1 aromatic heterocycles. The Morgan fingerprint density at radius 2 is 2.17 bits per heavy atom. The zero-order valence-corrected chi connectivity index (χ0v) is 10.5. The molecule has 0 saturated carbocycles. The summed E-state index contributed by atoms with van der Waals surface area (Å²) in [5.74, 6) is -2.52. The van der Waals surface area contributed by atoms with Crippen molar-refractivity contribution in [3.05, 3.63) is 23.6 Å². The van der Waals surface area contributed by atoms with Crippen molar-refractivity contribution < 1.29 is 19.0 Å². The average Bonchev–Trinajstić information content (AvgIpc) is 2.36. The maximum atomic E-state index is 13.6. The third-order valence-electron chi connectivity index (χ3n) is 2.63. The number of carboxylic acid groups (broad SMARTS) is 1. The first-order chi connectivity index (χ1) is 8.60. The van der Waals surface area contributed by atoms with Gasteiger partial charge in [-0.1, -0.05) is 13.8 Å². The van der Waals surface area contributed by atoms with Gasteiger partial charge in [0.25, 0.3) is 5.88 Å². The summed E-state index contributed by atoms with van der Waals surface area (Å²) in [5.41, 5.74) is -0.428. The highest BCUT2D eigenvalue weighted by Gasteiger charge is 2.16. The fraction of sp³-hybridized carbons (Fsp3) is 0.500. The van der Waals surface area contributed by atoms with Gasteiger partial charge in [-0.05, 0) is 19.2 Å². The average molecular weight is 256 g/mol. The molecular weight excluding hydrogens is 239 g/mol.